The number of nitrogens with zero attached hydrogens (tertiary/aromatic N) is 2. The maximum Gasteiger partial charge on any atom is 0.414 e. The van der Waals surface area contributed by atoms with E-state index in [1.165, 1.54) is 6.42 Å². The number of hydrazine groups is 1. The lowest BCUT2D eigenvalue weighted by atomic mass is 10.00. The zero-order valence-corrected chi connectivity index (χ0v) is 14.1. The number of amides is 3. The molecule has 7 nitrogen and oxygen atoms in total. The van der Waals surface area contributed by atoms with E-state index in [4.69, 9.17) is 4.74 Å². The average molecular weight is 332 g/mol. The zero-order valence-electron chi connectivity index (χ0n) is 14.1. The van der Waals surface area contributed by atoms with E-state index in [0.717, 1.165) is 18.5 Å². The summed E-state index contributed by atoms with van der Waals surface area (Å²) in [5.74, 6) is 0. The largest absolute Gasteiger partial charge is 0.447 e. The highest BCUT2D eigenvalue weighted by molar-refractivity contribution is 5.92. The highest BCUT2D eigenvalue weighted by Crippen LogP contribution is 2.23. The maximum atomic E-state index is 12.3. The third-order valence-corrected chi connectivity index (χ3v) is 4.60. The predicted molar refractivity (Wildman–Crippen MR) is 91.9 cm³/mol. The second-order valence-electron chi connectivity index (χ2n) is 6.42. The van der Waals surface area contributed by atoms with Gasteiger partial charge in [-0.2, -0.15) is 0 Å². The maximum absolute atomic E-state index is 12.3. The topological polar surface area (TPSA) is 73.9 Å². The van der Waals surface area contributed by atoms with Gasteiger partial charge in [-0.05, 0) is 44.9 Å². The number of hydrogen-bond donors (Lipinski definition) is 2. The van der Waals surface area contributed by atoms with E-state index in [0.29, 0.717) is 30.9 Å². The second-order valence-corrected chi connectivity index (χ2v) is 6.42. The van der Waals surface area contributed by atoms with Gasteiger partial charge < -0.3 is 10.1 Å². The van der Waals surface area contributed by atoms with Gasteiger partial charge in [0, 0.05) is 23.5 Å². The predicted octanol–water partition coefficient (Wildman–Crippen LogP) is 2.94. The molecule has 1 aromatic rings. The molecule has 1 aromatic carbocycles. The molecule has 0 aliphatic carbocycles. The Bertz CT molecular complexity index is 612. The Hall–Kier alpha value is -2.28. The Labute approximate surface area is 141 Å². The summed E-state index contributed by atoms with van der Waals surface area (Å²) in [6.07, 6.45) is 3.00. The van der Waals surface area contributed by atoms with Crippen LogP contribution >= 0.6 is 0 Å². The average Bonchev–Trinajstić information content (AvgIpc) is 2.97. The van der Waals surface area contributed by atoms with E-state index >= 15 is 0 Å². The summed E-state index contributed by atoms with van der Waals surface area (Å²) in [6.45, 7) is 5.16. The molecule has 130 valence electrons. The first-order valence-electron chi connectivity index (χ1n) is 8.45. The Morgan fingerprint density at radius 2 is 2.00 bits per heavy atom. The summed E-state index contributed by atoms with van der Waals surface area (Å²) in [4.78, 5) is 25.5. The molecule has 0 bridgehead atoms. The molecule has 2 atom stereocenters. The van der Waals surface area contributed by atoms with Crippen molar-refractivity contribution in [1.29, 1.82) is 0 Å². The van der Waals surface area contributed by atoms with Gasteiger partial charge in [-0.25, -0.2) is 14.6 Å². The summed E-state index contributed by atoms with van der Waals surface area (Å²) in [5.41, 5.74) is 4.30. The van der Waals surface area contributed by atoms with E-state index < -0.39 is 0 Å². The first kappa shape index (κ1) is 16.6. The fraction of sp³-hybridized carbons (Fsp3) is 0.529. The van der Waals surface area contributed by atoms with Crippen LogP contribution < -0.4 is 15.6 Å². The van der Waals surface area contributed by atoms with Gasteiger partial charge in [0.05, 0.1) is 6.54 Å². The van der Waals surface area contributed by atoms with Crippen molar-refractivity contribution in [3.63, 3.8) is 0 Å². The number of benzene rings is 1. The first-order valence-corrected chi connectivity index (χ1v) is 8.45. The number of urea groups is 1. The molecule has 2 aliphatic rings. The number of piperidine rings is 1. The highest BCUT2D eigenvalue weighted by Gasteiger charge is 2.26. The molecule has 2 fully saturated rings. The molecule has 7 heteroatoms. The molecular formula is C17H24N4O3. The van der Waals surface area contributed by atoms with Crippen LogP contribution in [0.3, 0.4) is 0 Å². The van der Waals surface area contributed by atoms with Crippen molar-refractivity contribution in [2.75, 3.05) is 23.4 Å². The smallest absolute Gasteiger partial charge is 0.414 e. The van der Waals surface area contributed by atoms with Crippen molar-refractivity contribution < 1.29 is 14.3 Å². The number of nitrogens with one attached hydrogen (secondary N) is 2. The highest BCUT2D eigenvalue weighted by atomic mass is 16.6. The Morgan fingerprint density at radius 1 is 1.25 bits per heavy atom. The molecule has 2 unspecified atom stereocenters. The van der Waals surface area contributed by atoms with Crippen molar-refractivity contribution in [2.45, 2.75) is 45.2 Å². The fourth-order valence-electron chi connectivity index (χ4n) is 3.30. The van der Waals surface area contributed by atoms with Crippen LogP contribution in [0.4, 0.5) is 21.0 Å². The van der Waals surface area contributed by atoms with Crippen LogP contribution in [0.5, 0.6) is 0 Å². The SMILES string of the molecule is CC1CCCC(C)N1NC(=O)Nc1cccc(N2CCOC2=O)c1. The van der Waals surface area contributed by atoms with Crippen molar-refractivity contribution in [2.24, 2.45) is 0 Å². The lowest BCUT2D eigenvalue weighted by Crippen LogP contribution is -2.55. The summed E-state index contributed by atoms with van der Waals surface area (Å²) in [5, 5.41) is 4.85. The van der Waals surface area contributed by atoms with Gasteiger partial charge in [-0.15, -0.1) is 0 Å². The van der Waals surface area contributed by atoms with Gasteiger partial charge >= 0.3 is 12.1 Å². The van der Waals surface area contributed by atoms with Crippen molar-refractivity contribution >= 4 is 23.5 Å². The third-order valence-electron chi connectivity index (χ3n) is 4.60. The Morgan fingerprint density at radius 3 is 2.67 bits per heavy atom. The van der Waals surface area contributed by atoms with E-state index in [9.17, 15) is 9.59 Å². The van der Waals surface area contributed by atoms with Crippen LogP contribution in [0.25, 0.3) is 0 Å². The Kier molecular flexibility index (Phi) is 4.89. The summed E-state index contributed by atoms with van der Waals surface area (Å²) in [6, 6.07) is 7.59. The number of carbonyl (C=O) groups is 2. The van der Waals surface area contributed by atoms with Crippen molar-refractivity contribution in [3.05, 3.63) is 24.3 Å². The third kappa shape index (κ3) is 3.62. The lowest BCUT2D eigenvalue weighted by molar-refractivity contribution is 0.0625. The van der Waals surface area contributed by atoms with Gasteiger partial charge in [0.15, 0.2) is 0 Å². The van der Waals surface area contributed by atoms with Crippen LogP contribution in [0.15, 0.2) is 24.3 Å². The fourth-order valence-corrected chi connectivity index (χ4v) is 3.30. The van der Waals surface area contributed by atoms with Crippen molar-refractivity contribution in [1.82, 2.24) is 10.4 Å². The Balaban J connectivity index is 1.63. The van der Waals surface area contributed by atoms with Gasteiger partial charge in [0.25, 0.3) is 0 Å². The number of anilines is 2. The standard InChI is InChI=1S/C17H24N4O3/c1-12-5-3-6-13(2)21(12)19-16(22)18-14-7-4-8-15(11-14)20-9-10-24-17(20)23/h4,7-8,11-13H,3,5-6,9-10H2,1-2H3,(H2,18,19,22). The zero-order chi connectivity index (χ0) is 17.1. The van der Waals surface area contributed by atoms with Gasteiger partial charge in [-0.1, -0.05) is 12.5 Å². The van der Waals surface area contributed by atoms with Crippen molar-refractivity contribution in [3.8, 4) is 0 Å². The molecular weight excluding hydrogens is 308 g/mol. The number of ether oxygens (including phenoxy) is 1. The molecule has 2 saturated heterocycles. The quantitative estimate of drug-likeness (QED) is 0.892. The van der Waals surface area contributed by atoms with Gasteiger partial charge in [0.1, 0.15) is 6.61 Å². The molecule has 2 N–H and O–H groups in total. The minimum absolute atomic E-state index is 0.267. The molecule has 0 radical (unpaired) electrons. The minimum Gasteiger partial charge on any atom is -0.447 e. The van der Waals surface area contributed by atoms with Crippen LogP contribution in [0.1, 0.15) is 33.1 Å². The monoisotopic (exact) mass is 332 g/mol. The number of hydrogen-bond acceptors (Lipinski definition) is 4. The van der Waals surface area contributed by atoms with Crippen LogP contribution in [-0.2, 0) is 4.74 Å². The number of cyclic esters (lactones) is 1. The molecule has 2 aliphatic heterocycles. The van der Waals surface area contributed by atoms with Crippen LogP contribution in [-0.4, -0.2) is 42.4 Å². The molecule has 24 heavy (non-hydrogen) atoms. The van der Waals surface area contributed by atoms with E-state index in [-0.39, 0.29) is 12.1 Å². The first-order chi connectivity index (χ1) is 11.5. The second kappa shape index (κ2) is 7.09. The lowest BCUT2D eigenvalue weighted by Gasteiger charge is -2.38. The minimum atomic E-state index is -0.354. The molecule has 2 heterocycles. The van der Waals surface area contributed by atoms with Gasteiger partial charge in [-0.3, -0.25) is 10.3 Å². The number of rotatable bonds is 3. The van der Waals surface area contributed by atoms with Crippen LogP contribution in [0, 0.1) is 0 Å². The molecule has 0 aromatic heterocycles. The van der Waals surface area contributed by atoms with E-state index in [1.54, 1.807) is 17.0 Å². The summed E-state index contributed by atoms with van der Waals surface area (Å²) < 4.78 is 4.95. The molecule has 3 amide bonds. The van der Waals surface area contributed by atoms with Gasteiger partial charge in [0.2, 0.25) is 0 Å². The normalized spacial score (nSPS) is 24.6. The van der Waals surface area contributed by atoms with E-state index in [1.807, 2.05) is 17.1 Å². The summed E-state index contributed by atoms with van der Waals surface area (Å²) in [7, 11) is 0. The molecule has 0 saturated carbocycles. The van der Waals surface area contributed by atoms with Crippen LogP contribution in [0.2, 0.25) is 0 Å². The molecule has 0 spiro atoms. The number of carbonyl (C=O) groups excluding carboxylic acids is 2. The molecule has 3 rings (SSSR count). The summed E-state index contributed by atoms with van der Waals surface area (Å²) >= 11 is 0. The van der Waals surface area contributed by atoms with E-state index in [2.05, 4.69) is 24.6 Å².